The number of nitrogens with zero attached hydrogens (tertiary/aromatic N) is 5. The van der Waals surface area contributed by atoms with E-state index in [1.165, 1.54) is 6.07 Å². The first kappa shape index (κ1) is 17.1. The molecule has 0 fully saturated rings. The van der Waals surface area contributed by atoms with Crippen molar-refractivity contribution >= 4 is 11.5 Å². The fourth-order valence-electron chi connectivity index (χ4n) is 4.27. The van der Waals surface area contributed by atoms with Crippen LogP contribution in [-0.2, 0) is 6.54 Å². The molecule has 1 atom stereocenters. The third kappa shape index (κ3) is 2.44. The van der Waals surface area contributed by atoms with Crippen LogP contribution in [0.25, 0.3) is 16.8 Å². The molecule has 0 aliphatic carbocycles. The summed E-state index contributed by atoms with van der Waals surface area (Å²) < 4.78 is 28.5. The number of rotatable bonds is 1. The molecule has 1 N–H and O–H groups in total. The number of anilines is 1. The molecule has 0 radical (unpaired) electrons. The quantitative estimate of drug-likeness (QED) is 0.522. The van der Waals surface area contributed by atoms with E-state index in [-0.39, 0.29) is 11.7 Å². The molecule has 30 heavy (non-hydrogen) atoms. The fraction of sp³-hybridized carbons (Fsp3) is 0.238. The van der Waals surface area contributed by atoms with Gasteiger partial charge in [0.15, 0.2) is 17.2 Å². The Morgan fingerprint density at radius 2 is 1.93 bits per heavy atom. The van der Waals surface area contributed by atoms with Gasteiger partial charge in [-0.25, -0.2) is 4.39 Å². The molecule has 4 aromatic rings. The summed E-state index contributed by atoms with van der Waals surface area (Å²) in [5.74, 6) is 1.74. The van der Waals surface area contributed by atoms with Crippen LogP contribution in [0.1, 0.15) is 22.7 Å². The lowest BCUT2D eigenvalue weighted by Gasteiger charge is -2.17. The Labute approximate surface area is 170 Å². The lowest BCUT2D eigenvalue weighted by atomic mass is 9.96. The predicted octanol–water partition coefficient (Wildman–Crippen LogP) is 3.11. The second-order valence-electron chi connectivity index (χ2n) is 7.44. The first-order valence-corrected chi connectivity index (χ1v) is 9.67. The average Bonchev–Trinajstić information content (AvgIpc) is 3.40. The highest BCUT2D eigenvalue weighted by Gasteiger charge is 2.31. The minimum absolute atomic E-state index is 0.0390. The first-order chi connectivity index (χ1) is 14.7. The Kier molecular flexibility index (Phi) is 3.64. The molecule has 1 aromatic carbocycles. The molecule has 0 saturated carbocycles. The van der Waals surface area contributed by atoms with E-state index < -0.39 is 0 Å². The van der Waals surface area contributed by atoms with Crippen LogP contribution in [0.2, 0.25) is 0 Å². The number of nitrogens with one attached hydrogen (secondary N) is 1. The molecule has 2 aliphatic heterocycles. The first-order valence-electron chi connectivity index (χ1n) is 9.67. The summed E-state index contributed by atoms with van der Waals surface area (Å²) in [6.45, 7) is 3.04. The molecular weight excluding hydrogens is 387 g/mol. The zero-order chi connectivity index (χ0) is 20.2. The van der Waals surface area contributed by atoms with E-state index >= 15 is 0 Å². The van der Waals surface area contributed by atoms with Gasteiger partial charge in [-0.05, 0) is 31.2 Å². The van der Waals surface area contributed by atoms with Gasteiger partial charge in [0.1, 0.15) is 17.9 Å². The molecule has 2 aliphatic rings. The maximum absolute atomic E-state index is 14.7. The zero-order valence-corrected chi connectivity index (χ0v) is 16.1. The van der Waals surface area contributed by atoms with Gasteiger partial charge in [0.2, 0.25) is 0 Å². The summed E-state index contributed by atoms with van der Waals surface area (Å²) in [4.78, 5) is 0. The second-order valence-corrected chi connectivity index (χ2v) is 7.44. The Balaban J connectivity index is 1.54. The number of hydrogen-bond donors (Lipinski definition) is 1. The molecule has 0 bridgehead atoms. The van der Waals surface area contributed by atoms with E-state index in [1.807, 2.05) is 23.5 Å². The van der Waals surface area contributed by atoms with Crippen LogP contribution < -0.4 is 14.8 Å². The number of hydrogen-bond acceptors (Lipinski definition) is 7. The summed E-state index contributed by atoms with van der Waals surface area (Å²) >= 11 is 0. The van der Waals surface area contributed by atoms with Crippen molar-refractivity contribution in [2.45, 2.75) is 19.4 Å². The van der Waals surface area contributed by atoms with E-state index in [4.69, 9.17) is 9.47 Å². The summed E-state index contributed by atoms with van der Waals surface area (Å²) in [6.07, 6.45) is 3.27. The van der Waals surface area contributed by atoms with Gasteiger partial charge in [-0.1, -0.05) is 0 Å². The van der Waals surface area contributed by atoms with E-state index in [1.54, 1.807) is 18.6 Å². The zero-order valence-electron chi connectivity index (χ0n) is 16.1. The minimum Gasteiger partial charge on any atom is -0.493 e. The number of fused-ring (bicyclic) bond motifs is 3. The molecular formula is C21H17FN6O2. The summed E-state index contributed by atoms with van der Waals surface area (Å²) in [5, 5.41) is 19.8. The van der Waals surface area contributed by atoms with Crippen LogP contribution in [0.15, 0.2) is 36.8 Å². The van der Waals surface area contributed by atoms with Crippen molar-refractivity contribution in [1.29, 1.82) is 0 Å². The van der Waals surface area contributed by atoms with Gasteiger partial charge in [0.25, 0.3) is 0 Å². The van der Waals surface area contributed by atoms with E-state index in [0.717, 1.165) is 28.1 Å². The smallest absolute Gasteiger partial charge is 0.170 e. The van der Waals surface area contributed by atoms with Crippen molar-refractivity contribution in [2.75, 3.05) is 18.5 Å². The molecule has 0 saturated heterocycles. The van der Waals surface area contributed by atoms with Crippen molar-refractivity contribution in [3.05, 3.63) is 59.4 Å². The van der Waals surface area contributed by atoms with Crippen LogP contribution in [0.3, 0.4) is 0 Å². The van der Waals surface area contributed by atoms with Crippen LogP contribution in [0.4, 0.5) is 10.2 Å². The molecule has 6 rings (SSSR count). The SMILES string of the molecule is Cc1nnccc1-c1cc2c(n3cnnc13)NCc1c(F)ccc3c1[C@@H](CO3)CO2. The largest absolute Gasteiger partial charge is 0.493 e. The van der Waals surface area contributed by atoms with E-state index in [2.05, 4.69) is 25.7 Å². The summed E-state index contributed by atoms with van der Waals surface area (Å²) in [7, 11) is 0. The van der Waals surface area contributed by atoms with Crippen molar-refractivity contribution < 1.29 is 13.9 Å². The molecule has 0 spiro atoms. The molecule has 0 amide bonds. The number of aromatic nitrogens is 5. The van der Waals surface area contributed by atoms with Crippen LogP contribution in [0.5, 0.6) is 11.5 Å². The predicted molar refractivity (Wildman–Crippen MR) is 106 cm³/mol. The monoisotopic (exact) mass is 404 g/mol. The standard InChI is InChI=1S/C21H17FN6O2/c1-11-13(4-5-24-26-11)14-6-18-21(28-10-25-27-20(14)28)23-7-15-16(22)2-3-17-19(15)12(8-29-17)9-30-18/h2-6,10,12,23H,7-9H2,1H3/t12-/m0/s1. The number of pyridine rings is 1. The van der Waals surface area contributed by atoms with E-state index in [9.17, 15) is 4.39 Å². The van der Waals surface area contributed by atoms with Gasteiger partial charge in [0.05, 0.1) is 31.0 Å². The van der Waals surface area contributed by atoms with Gasteiger partial charge < -0.3 is 14.8 Å². The second kappa shape index (κ2) is 6.38. The highest BCUT2D eigenvalue weighted by Crippen LogP contribution is 2.41. The lowest BCUT2D eigenvalue weighted by molar-refractivity contribution is 0.249. The van der Waals surface area contributed by atoms with Gasteiger partial charge in [0, 0.05) is 28.8 Å². The average molecular weight is 404 g/mol. The Morgan fingerprint density at radius 3 is 2.80 bits per heavy atom. The third-order valence-corrected chi connectivity index (χ3v) is 5.71. The maximum Gasteiger partial charge on any atom is 0.170 e. The highest BCUT2D eigenvalue weighted by molar-refractivity contribution is 5.82. The van der Waals surface area contributed by atoms with Crippen molar-refractivity contribution in [2.24, 2.45) is 0 Å². The minimum atomic E-state index is -0.254. The third-order valence-electron chi connectivity index (χ3n) is 5.71. The number of benzene rings is 1. The molecule has 5 heterocycles. The van der Waals surface area contributed by atoms with Crippen LogP contribution in [-0.4, -0.2) is 38.0 Å². The number of ether oxygens (including phenoxy) is 2. The molecule has 8 nitrogen and oxygen atoms in total. The maximum atomic E-state index is 14.7. The number of halogens is 1. The van der Waals surface area contributed by atoms with Crippen LogP contribution in [0, 0.1) is 12.7 Å². The van der Waals surface area contributed by atoms with Gasteiger partial charge >= 0.3 is 0 Å². The van der Waals surface area contributed by atoms with Crippen molar-refractivity contribution in [3.63, 3.8) is 0 Å². The van der Waals surface area contributed by atoms with Gasteiger partial charge in [-0.15, -0.1) is 10.2 Å². The Bertz CT molecular complexity index is 1300. The lowest BCUT2D eigenvalue weighted by Crippen LogP contribution is -2.13. The highest BCUT2D eigenvalue weighted by atomic mass is 19.1. The molecule has 150 valence electrons. The van der Waals surface area contributed by atoms with Gasteiger partial charge in [-0.2, -0.15) is 10.2 Å². The molecule has 0 unspecified atom stereocenters. The van der Waals surface area contributed by atoms with Gasteiger partial charge in [-0.3, -0.25) is 4.40 Å². The summed E-state index contributed by atoms with van der Waals surface area (Å²) in [6, 6.07) is 6.96. The van der Waals surface area contributed by atoms with E-state index in [0.29, 0.717) is 42.5 Å². The molecule has 9 heteroatoms. The Morgan fingerprint density at radius 1 is 1.07 bits per heavy atom. The van der Waals surface area contributed by atoms with Crippen molar-refractivity contribution in [3.8, 4) is 22.6 Å². The van der Waals surface area contributed by atoms with Crippen LogP contribution >= 0.6 is 0 Å². The fourth-order valence-corrected chi connectivity index (χ4v) is 4.27. The summed E-state index contributed by atoms with van der Waals surface area (Å²) in [5.41, 5.74) is 4.65. The molecule has 3 aromatic heterocycles. The Hall–Kier alpha value is -3.75. The number of aryl methyl sites for hydroxylation is 1. The topological polar surface area (TPSA) is 86.5 Å². The van der Waals surface area contributed by atoms with Crippen molar-refractivity contribution in [1.82, 2.24) is 24.8 Å². The normalized spacial score (nSPS) is 17.1.